The van der Waals surface area contributed by atoms with Gasteiger partial charge in [-0.3, -0.25) is 4.90 Å². The highest BCUT2D eigenvalue weighted by Crippen LogP contribution is 2.27. The second-order valence-corrected chi connectivity index (χ2v) is 7.44. The summed E-state index contributed by atoms with van der Waals surface area (Å²) in [6, 6.07) is 22.0. The summed E-state index contributed by atoms with van der Waals surface area (Å²) in [5.41, 5.74) is 2.99. The molecule has 1 aliphatic heterocycles. The van der Waals surface area contributed by atoms with Crippen LogP contribution in [0.2, 0.25) is 0 Å². The molecule has 0 aromatic heterocycles. The first-order valence-electron chi connectivity index (χ1n) is 10.3. The molecule has 140 valence electrons. The van der Waals surface area contributed by atoms with Gasteiger partial charge in [0.1, 0.15) is 0 Å². The number of aryl methyl sites for hydroxylation is 1. The van der Waals surface area contributed by atoms with E-state index < -0.39 is 0 Å². The van der Waals surface area contributed by atoms with Crippen molar-refractivity contribution in [3.05, 3.63) is 71.8 Å². The highest BCUT2D eigenvalue weighted by Gasteiger charge is 2.14. The van der Waals surface area contributed by atoms with Crippen LogP contribution in [0.25, 0.3) is 0 Å². The quantitative estimate of drug-likeness (QED) is 0.539. The van der Waals surface area contributed by atoms with Gasteiger partial charge in [0.2, 0.25) is 0 Å². The van der Waals surface area contributed by atoms with Gasteiger partial charge in [0.15, 0.2) is 0 Å². The zero-order chi connectivity index (χ0) is 17.9. The normalized spacial score (nSPS) is 16.5. The van der Waals surface area contributed by atoms with Crippen molar-refractivity contribution in [1.29, 1.82) is 0 Å². The molecular formula is C24H33NO. The van der Waals surface area contributed by atoms with Crippen molar-refractivity contribution in [3.8, 4) is 0 Å². The molecule has 0 spiro atoms. The molecule has 1 atom stereocenters. The Bertz CT molecular complexity index is 592. The molecule has 0 radical (unpaired) electrons. The van der Waals surface area contributed by atoms with Crippen LogP contribution in [0.3, 0.4) is 0 Å². The summed E-state index contributed by atoms with van der Waals surface area (Å²) in [6.45, 7) is 5.24. The van der Waals surface area contributed by atoms with Crippen molar-refractivity contribution < 1.29 is 4.74 Å². The minimum Gasteiger partial charge on any atom is -0.379 e. The molecule has 0 amide bonds. The number of benzene rings is 2. The van der Waals surface area contributed by atoms with Crippen molar-refractivity contribution in [1.82, 2.24) is 4.90 Å². The second kappa shape index (κ2) is 11.2. The van der Waals surface area contributed by atoms with Gasteiger partial charge in [0.05, 0.1) is 13.2 Å². The highest BCUT2D eigenvalue weighted by atomic mass is 16.5. The third-order valence-corrected chi connectivity index (χ3v) is 5.51. The van der Waals surface area contributed by atoms with Crippen molar-refractivity contribution in [2.45, 2.75) is 44.4 Å². The Labute approximate surface area is 159 Å². The maximum absolute atomic E-state index is 5.46. The van der Waals surface area contributed by atoms with E-state index in [2.05, 4.69) is 65.6 Å². The average molecular weight is 352 g/mol. The molecule has 1 unspecified atom stereocenters. The third-order valence-electron chi connectivity index (χ3n) is 5.51. The number of hydrogen-bond donors (Lipinski definition) is 0. The number of rotatable bonds is 10. The smallest absolute Gasteiger partial charge is 0.0594 e. The molecule has 2 nitrogen and oxygen atoms in total. The number of ether oxygens (including phenoxy) is 1. The molecule has 26 heavy (non-hydrogen) atoms. The summed E-state index contributed by atoms with van der Waals surface area (Å²) >= 11 is 0. The molecule has 2 aromatic carbocycles. The van der Waals surface area contributed by atoms with Gasteiger partial charge >= 0.3 is 0 Å². The Morgan fingerprint density at radius 2 is 1.42 bits per heavy atom. The van der Waals surface area contributed by atoms with Crippen LogP contribution in [0.4, 0.5) is 0 Å². The molecule has 2 heteroatoms. The SMILES string of the molecule is c1ccc(CCCCC(CCCN2CCOCC2)c2ccccc2)cc1. The lowest BCUT2D eigenvalue weighted by Crippen LogP contribution is -2.36. The summed E-state index contributed by atoms with van der Waals surface area (Å²) in [5.74, 6) is 0.702. The van der Waals surface area contributed by atoms with Gasteiger partial charge in [-0.15, -0.1) is 0 Å². The first-order chi connectivity index (χ1) is 12.9. The zero-order valence-corrected chi connectivity index (χ0v) is 16.0. The number of unbranched alkanes of at least 4 members (excludes halogenated alkanes) is 1. The lowest BCUT2D eigenvalue weighted by atomic mass is 9.89. The maximum atomic E-state index is 5.46. The van der Waals surface area contributed by atoms with Crippen LogP contribution in [-0.4, -0.2) is 37.7 Å². The summed E-state index contributed by atoms with van der Waals surface area (Å²) < 4.78 is 5.46. The largest absolute Gasteiger partial charge is 0.379 e. The molecule has 1 aliphatic rings. The van der Waals surface area contributed by atoms with Gasteiger partial charge in [-0.2, -0.15) is 0 Å². The fraction of sp³-hybridized carbons (Fsp3) is 0.500. The van der Waals surface area contributed by atoms with Crippen LogP contribution in [-0.2, 0) is 11.2 Å². The molecule has 1 saturated heterocycles. The Hall–Kier alpha value is -1.64. The molecule has 1 heterocycles. The fourth-order valence-electron chi connectivity index (χ4n) is 3.95. The van der Waals surface area contributed by atoms with E-state index in [0.29, 0.717) is 5.92 Å². The van der Waals surface area contributed by atoms with Crippen molar-refractivity contribution in [2.24, 2.45) is 0 Å². The average Bonchev–Trinajstić information content (AvgIpc) is 2.72. The summed E-state index contributed by atoms with van der Waals surface area (Å²) in [7, 11) is 0. The topological polar surface area (TPSA) is 12.5 Å². The Balaban J connectivity index is 1.44. The van der Waals surface area contributed by atoms with E-state index in [0.717, 1.165) is 26.3 Å². The van der Waals surface area contributed by atoms with Gasteiger partial charge in [-0.1, -0.05) is 67.1 Å². The Morgan fingerprint density at radius 3 is 2.15 bits per heavy atom. The van der Waals surface area contributed by atoms with Crippen LogP contribution >= 0.6 is 0 Å². The van der Waals surface area contributed by atoms with Crippen molar-refractivity contribution in [2.75, 3.05) is 32.8 Å². The summed E-state index contributed by atoms with van der Waals surface area (Å²) in [4.78, 5) is 2.56. The van der Waals surface area contributed by atoms with E-state index in [9.17, 15) is 0 Å². The minimum absolute atomic E-state index is 0.702. The molecule has 1 fully saturated rings. The lowest BCUT2D eigenvalue weighted by Gasteiger charge is -2.27. The fourth-order valence-corrected chi connectivity index (χ4v) is 3.95. The Kier molecular flexibility index (Phi) is 8.21. The van der Waals surface area contributed by atoms with E-state index in [1.807, 2.05) is 0 Å². The van der Waals surface area contributed by atoms with E-state index in [1.165, 1.54) is 56.2 Å². The predicted molar refractivity (Wildman–Crippen MR) is 110 cm³/mol. The van der Waals surface area contributed by atoms with Gasteiger partial charge in [0.25, 0.3) is 0 Å². The zero-order valence-electron chi connectivity index (χ0n) is 16.0. The highest BCUT2D eigenvalue weighted by molar-refractivity contribution is 5.19. The molecule has 0 bridgehead atoms. The number of morpholine rings is 1. The minimum atomic E-state index is 0.702. The van der Waals surface area contributed by atoms with Crippen LogP contribution in [0.15, 0.2) is 60.7 Å². The number of nitrogens with zero attached hydrogens (tertiary/aromatic N) is 1. The molecule has 2 aromatic rings. The van der Waals surface area contributed by atoms with E-state index in [1.54, 1.807) is 0 Å². The standard InChI is InChI=1S/C24H33NO/c1-3-10-22(11-4-1)12-7-8-15-24(23-13-5-2-6-14-23)16-9-17-25-18-20-26-21-19-25/h1-6,10-11,13-14,24H,7-9,12,15-21H2. The third kappa shape index (κ3) is 6.59. The number of hydrogen-bond acceptors (Lipinski definition) is 2. The molecule has 0 saturated carbocycles. The van der Waals surface area contributed by atoms with Gasteiger partial charge in [0, 0.05) is 13.1 Å². The van der Waals surface area contributed by atoms with Gasteiger partial charge in [-0.05, 0) is 55.7 Å². The first kappa shape index (κ1) is 19.1. The van der Waals surface area contributed by atoms with E-state index in [-0.39, 0.29) is 0 Å². The van der Waals surface area contributed by atoms with Crippen molar-refractivity contribution in [3.63, 3.8) is 0 Å². The second-order valence-electron chi connectivity index (χ2n) is 7.44. The maximum Gasteiger partial charge on any atom is 0.0594 e. The summed E-state index contributed by atoms with van der Waals surface area (Å²) in [5, 5.41) is 0. The monoisotopic (exact) mass is 351 g/mol. The van der Waals surface area contributed by atoms with Gasteiger partial charge < -0.3 is 4.74 Å². The van der Waals surface area contributed by atoms with E-state index in [4.69, 9.17) is 4.74 Å². The Morgan fingerprint density at radius 1 is 0.769 bits per heavy atom. The van der Waals surface area contributed by atoms with Crippen LogP contribution in [0.1, 0.15) is 49.1 Å². The van der Waals surface area contributed by atoms with Crippen molar-refractivity contribution >= 4 is 0 Å². The van der Waals surface area contributed by atoms with E-state index >= 15 is 0 Å². The molecule has 0 aliphatic carbocycles. The molecule has 3 rings (SSSR count). The van der Waals surface area contributed by atoms with Crippen LogP contribution in [0.5, 0.6) is 0 Å². The van der Waals surface area contributed by atoms with Crippen LogP contribution in [0, 0.1) is 0 Å². The predicted octanol–water partition coefficient (Wildman–Crippen LogP) is 5.30. The van der Waals surface area contributed by atoms with Gasteiger partial charge in [-0.25, -0.2) is 0 Å². The lowest BCUT2D eigenvalue weighted by molar-refractivity contribution is 0.0369. The molecular weight excluding hydrogens is 318 g/mol. The molecule has 0 N–H and O–H groups in total. The first-order valence-corrected chi connectivity index (χ1v) is 10.3. The van der Waals surface area contributed by atoms with Crippen LogP contribution < -0.4 is 0 Å². The summed E-state index contributed by atoms with van der Waals surface area (Å²) in [6.07, 6.45) is 7.70.